The highest BCUT2D eigenvalue weighted by molar-refractivity contribution is 7.89. The SMILES string of the molecule is CCOc1cc(S(=O)(=O)N[C@@H]2CCCC[C@@H]2C)ccc1Cl. The van der Waals surface area contributed by atoms with Gasteiger partial charge in [-0.3, -0.25) is 0 Å². The van der Waals surface area contributed by atoms with Gasteiger partial charge in [0.2, 0.25) is 10.0 Å². The van der Waals surface area contributed by atoms with Crippen LogP contribution in [0.15, 0.2) is 23.1 Å². The second-order valence-electron chi connectivity index (χ2n) is 5.51. The summed E-state index contributed by atoms with van der Waals surface area (Å²) in [6.07, 6.45) is 4.21. The lowest BCUT2D eigenvalue weighted by Gasteiger charge is -2.29. The Labute approximate surface area is 131 Å². The highest BCUT2D eigenvalue weighted by atomic mass is 35.5. The Morgan fingerprint density at radius 3 is 2.71 bits per heavy atom. The number of halogens is 1. The van der Waals surface area contributed by atoms with Gasteiger partial charge in [-0.1, -0.05) is 31.4 Å². The summed E-state index contributed by atoms with van der Waals surface area (Å²) in [7, 11) is -3.54. The van der Waals surface area contributed by atoms with E-state index in [2.05, 4.69) is 11.6 Å². The predicted molar refractivity (Wildman–Crippen MR) is 84.4 cm³/mol. The van der Waals surface area contributed by atoms with Crippen molar-refractivity contribution in [2.45, 2.75) is 50.5 Å². The Hall–Kier alpha value is -0.780. The molecule has 2 atom stereocenters. The summed E-state index contributed by atoms with van der Waals surface area (Å²) in [6, 6.07) is 4.57. The first-order valence-electron chi connectivity index (χ1n) is 7.38. The molecule has 0 heterocycles. The summed E-state index contributed by atoms with van der Waals surface area (Å²) < 4.78 is 33.2. The molecule has 0 amide bonds. The Morgan fingerprint density at radius 1 is 1.33 bits per heavy atom. The van der Waals surface area contributed by atoms with E-state index in [0.717, 1.165) is 19.3 Å². The van der Waals surface area contributed by atoms with E-state index in [-0.39, 0.29) is 10.9 Å². The fourth-order valence-electron chi connectivity index (χ4n) is 2.68. The maximum absolute atomic E-state index is 12.5. The third-order valence-corrected chi connectivity index (χ3v) is 5.73. The average Bonchev–Trinajstić information content (AvgIpc) is 2.44. The molecule has 1 aromatic carbocycles. The van der Waals surface area contributed by atoms with Gasteiger partial charge in [0, 0.05) is 12.1 Å². The minimum atomic E-state index is -3.54. The van der Waals surface area contributed by atoms with E-state index >= 15 is 0 Å². The van der Waals surface area contributed by atoms with Crippen LogP contribution in [0, 0.1) is 5.92 Å². The van der Waals surface area contributed by atoms with Gasteiger partial charge in [0.05, 0.1) is 16.5 Å². The Morgan fingerprint density at radius 2 is 2.05 bits per heavy atom. The average molecular weight is 332 g/mol. The summed E-state index contributed by atoms with van der Waals surface area (Å²) in [5.74, 6) is 0.769. The van der Waals surface area contributed by atoms with Crippen LogP contribution in [0.25, 0.3) is 0 Å². The topological polar surface area (TPSA) is 55.4 Å². The molecule has 1 fully saturated rings. The minimum absolute atomic E-state index is 0.00923. The zero-order valence-corrected chi connectivity index (χ0v) is 14.0. The molecule has 6 heteroatoms. The number of hydrogen-bond acceptors (Lipinski definition) is 3. The Kier molecular flexibility index (Phi) is 5.52. The predicted octanol–water partition coefficient (Wildman–Crippen LogP) is 3.60. The molecule has 0 aliphatic heterocycles. The lowest BCUT2D eigenvalue weighted by atomic mass is 9.87. The van der Waals surface area contributed by atoms with Crippen LogP contribution in [0.1, 0.15) is 39.5 Å². The van der Waals surface area contributed by atoms with Crippen molar-refractivity contribution >= 4 is 21.6 Å². The van der Waals surface area contributed by atoms with Gasteiger partial charge in [0.15, 0.2) is 0 Å². The van der Waals surface area contributed by atoms with Crippen molar-refractivity contribution < 1.29 is 13.2 Å². The third kappa shape index (κ3) is 4.11. The number of hydrogen-bond donors (Lipinski definition) is 1. The highest BCUT2D eigenvalue weighted by Gasteiger charge is 2.27. The molecule has 1 saturated carbocycles. The number of ether oxygens (including phenoxy) is 1. The van der Waals surface area contributed by atoms with Crippen LogP contribution in [0.4, 0.5) is 0 Å². The summed E-state index contributed by atoms with van der Waals surface area (Å²) in [4.78, 5) is 0.202. The van der Waals surface area contributed by atoms with Crippen LogP contribution < -0.4 is 9.46 Å². The van der Waals surface area contributed by atoms with E-state index in [9.17, 15) is 8.42 Å². The molecule has 0 saturated heterocycles. The molecule has 4 nitrogen and oxygen atoms in total. The molecule has 0 bridgehead atoms. The van der Waals surface area contributed by atoms with Gasteiger partial charge < -0.3 is 4.74 Å². The Balaban J connectivity index is 2.20. The van der Waals surface area contributed by atoms with Crippen LogP contribution in [0.3, 0.4) is 0 Å². The van der Waals surface area contributed by atoms with Crippen LogP contribution in [-0.4, -0.2) is 21.1 Å². The molecule has 1 aromatic rings. The molecule has 0 aromatic heterocycles. The van der Waals surface area contributed by atoms with Gasteiger partial charge in [0.25, 0.3) is 0 Å². The Bertz CT molecular complexity index is 589. The van der Waals surface area contributed by atoms with Crippen LogP contribution in [0.5, 0.6) is 5.75 Å². The zero-order chi connectivity index (χ0) is 15.5. The maximum Gasteiger partial charge on any atom is 0.240 e. The zero-order valence-electron chi connectivity index (χ0n) is 12.4. The van der Waals surface area contributed by atoms with Gasteiger partial charge in [-0.2, -0.15) is 0 Å². The molecular weight excluding hydrogens is 310 g/mol. The summed E-state index contributed by atoms with van der Waals surface area (Å²) >= 11 is 6.00. The second kappa shape index (κ2) is 6.99. The van der Waals surface area contributed by atoms with Gasteiger partial charge in [-0.25, -0.2) is 13.1 Å². The number of nitrogens with one attached hydrogen (secondary N) is 1. The largest absolute Gasteiger partial charge is 0.492 e. The lowest BCUT2D eigenvalue weighted by molar-refractivity contribution is 0.310. The fourth-order valence-corrected chi connectivity index (χ4v) is 4.24. The van der Waals surface area contributed by atoms with E-state index in [0.29, 0.717) is 23.3 Å². The molecule has 0 unspecified atom stereocenters. The normalized spacial score (nSPS) is 23.0. The standard InChI is InChI=1S/C15H22ClNO3S/c1-3-20-15-10-12(8-9-13(15)16)21(18,19)17-14-7-5-4-6-11(14)2/h8-11,14,17H,3-7H2,1-2H3/t11-,14+/m0/s1. The third-order valence-electron chi connectivity index (χ3n) is 3.93. The first-order chi connectivity index (χ1) is 9.94. The molecule has 118 valence electrons. The van der Waals surface area contributed by atoms with Gasteiger partial charge in [-0.05, 0) is 37.8 Å². The molecule has 21 heavy (non-hydrogen) atoms. The molecule has 1 N–H and O–H groups in total. The van der Waals surface area contributed by atoms with Crippen LogP contribution in [-0.2, 0) is 10.0 Å². The molecule has 1 aliphatic carbocycles. The van der Waals surface area contributed by atoms with E-state index in [1.54, 1.807) is 6.07 Å². The summed E-state index contributed by atoms with van der Waals surface area (Å²) in [5.41, 5.74) is 0. The number of benzene rings is 1. The highest BCUT2D eigenvalue weighted by Crippen LogP contribution is 2.29. The van der Waals surface area contributed by atoms with Crippen molar-refractivity contribution in [2.75, 3.05) is 6.61 Å². The lowest BCUT2D eigenvalue weighted by Crippen LogP contribution is -2.40. The number of rotatable bonds is 5. The van der Waals surface area contributed by atoms with E-state index in [4.69, 9.17) is 16.3 Å². The molecule has 0 spiro atoms. The van der Waals surface area contributed by atoms with Crippen molar-refractivity contribution in [3.63, 3.8) is 0 Å². The van der Waals surface area contributed by atoms with Crippen molar-refractivity contribution in [1.29, 1.82) is 0 Å². The minimum Gasteiger partial charge on any atom is -0.492 e. The van der Waals surface area contributed by atoms with Crippen molar-refractivity contribution in [1.82, 2.24) is 4.72 Å². The fraction of sp³-hybridized carbons (Fsp3) is 0.600. The first kappa shape index (κ1) is 16.6. The van der Waals surface area contributed by atoms with Crippen LogP contribution >= 0.6 is 11.6 Å². The smallest absolute Gasteiger partial charge is 0.240 e. The van der Waals surface area contributed by atoms with Gasteiger partial charge >= 0.3 is 0 Å². The van der Waals surface area contributed by atoms with E-state index < -0.39 is 10.0 Å². The quantitative estimate of drug-likeness (QED) is 0.897. The second-order valence-corrected chi connectivity index (χ2v) is 7.64. The van der Waals surface area contributed by atoms with Gasteiger partial charge in [-0.15, -0.1) is 0 Å². The maximum atomic E-state index is 12.5. The van der Waals surface area contributed by atoms with E-state index in [1.807, 2.05) is 6.92 Å². The molecule has 1 aliphatic rings. The first-order valence-corrected chi connectivity index (χ1v) is 9.25. The number of sulfonamides is 1. The molecule has 0 radical (unpaired) electrons. The van der Waals surface area contributed by atoms with Crippen molar-refractivity contribution in [2.24, 2.45) is 5.92 Å². The van der Waals surface area contributed by atoms with E-state index in [1.165, 1.54) is 18.6 Å². The van der Waals surface area contributed by atoms with Crippen LogP contribution in [0.2, 0.25) is 5.02 Å². The molecular formula is C15H22ClNO3S. The summed E-state index contributed by atoms with van der Waals surface area (Å²) in [6.45, 7) is 4.37. The van der Waals surface area contributed by atoms with Gasteiger partial charge in [0.1, 0.15) is 5.75 Å². The monoisotopic (exact) mass is 331 g/mol. The van der Waals surface area contributed by atoms with Crippen molar-refractivity contribution in [3.8, 4) is 5.75 Å². The molecule has 2 rings (SSSR count). The summed E-state index contributed by atoms with van der Waals surface area (Å²) in [5, 5.41) is 0.418. The van der Waals surface area contributed by atoms with Crippen molar-refractivity contribution in [3.05, 3.63) is 23.2 Å².